The molecule has 1 N–H and O–H groups in total. The molecule has 0 unspecified atom stereocenters. The minimum Gasteiger partial charge on any atom is -0.373 e. The molecular weight excluding hydrogens is 333 g/mol. The predicted molar refractivity (Wildman–Crippen MR) is 91.3 cm³/mol. The quantitative estimate of drug-likeness (QED) is 0.833. The van der Waals surface area contributed by atoms with E-state index in [9.17, 15) is 12.8 Å². The van der Waals surface area contributed by atoms with Gasteiger partial charge >= 0.3 is 0 Å². The van der Waals surface area contributed by atoms with Crippen molar-refractivity contribution < 1.29 is 17.5 Å². The number of morpholine rings is 1. The summed E-state index contributed by atoms with van der Waals surface area (Å²) in [5.41, 5.74) is 0.728. The van der Waals surface area contributed by atoms with E-state index in [1.165, 1.54) is 16.4 Å². The average molecular weight is 359 g/mol. The zero-order valence-corrected chi connectivity index (χ0v) is 15.4. The lowest BCUT2D eigenvalue weighted by Crippen LogP contribution is -2.52. The van der Waals surface area contributed by atoms with Gasteiger partial charge in [-0.1, -0.05) is 12.1 Å². The zero-order chi connectivity index (χ0) is 17.9. The van der Waals surface area contributed by atoms with Crippen LogP contribution in [0.1, 0.15) is 25.5 Å². The van der Waals surface area contributed by atoms with Crippen LogP contribution >= 0.6 is 0 Å². The lowest BCUT2D eigenvalue weighted by Gasteiger charge is -2.35. The van der Waals surface area contributed by atoms with Gasteiger partial charge in [0.2, 0.25) is 0 Å². The zero-order valence-electron chi connectivity index (χ0n) is 14.6. The second-order valence-corrected chi connectivity index (χ2v) is 8.22. The number of ether oxygens (including phenoxy) is 1. The standard InChI is InChI=1S/C16H26FN3O3S/c1-12-10-20(11-13(2)23-12)24(21,22)18-9-16(19(3)4)14-6-5-7-15(17)8-14/h5-8,12-13,16,18H,9-11H2,1-4H3/t12-,13-,16-/m1/s1. The maximum absolute atomic E-state index is 13.5. The minimum atomic E-state index is -3.61. The highest BCUT2D eigenvalue weighted by Gasteiger charge is 2.31. The highest BCUT2D eigenvalue weighted by molar-refractivity contribution is 7.87. The fraction of sp³-hybridized carbons (Fsp3) is 0.625. The third-order valence-electron chi connectivity index (χ3n) is 4.04. The predicted octanol–water partition coefficient (Wildman–Crippen LogP) is 1.37. The van der Waals surface area contributed by atoms with Gasteiger partial charge < -0.3 is 9.64 Å². The highest BCUT2D eigenvalue weighted by Crippen LogP contribution is 2.19. The molecule has 0 saturated carbocycles. The van der Waals surface area contributed by atoms with Crippen LogP contribution < -0.4 is 4.72 Å². The first-order valence-corrected chi connectivity index (χ1v) is 9.45. The van der Waals surface area contributed by atoms with Crippen molar-refractivity contribution in [3.8, 4) is 0 Å². The molecule has 0 spiro atoms. The third kappa shape index (κ3) is 4.97. The van der Waals surface area contributed by atoms with Gasteiger partial charge in [0.15, 0.2) is 0 Å². The van der Waals surface area contributed by atoms with Crippen molar-refractivity contribution in [1.82, 2.24) is 13.9 Å². The molecule has 0 bridgehead atoms. The number of rotatable bonds is 6. The second kappa shape index (κ2) is 7.88. The van der Waals surface area contributed by atoms with E-state index in [-0.39, 0.29) is 30.6 Å². The molecule has 2 rings (SSSR count). The summed E-state index contributed by atoms with van der Waals surface area (Å²) in [6, 6.07) is 5.96. The molecule has 1 saturated heterocycles. The number of hydrogen-bond donors (Lipinski definition) is 1. The van der Waals surface area contributed by atoms with Gasteiger partial charge in [-0.25, -0.2) is 9.11 Å². The summed E-state index contributed by atoms with van der Waals surface area (Å²) in [6.07, 6.45) is -0.281. The monoisotopic (exact) mass is 359 g/mol. The SMILES string of the molecule is C[C@@H]1CN(S(=O)(=O)NC[C@H](c2cccc(F)c2)N(C)C)C[C@@H](C)O1. The van der Waals surface area contributed by atoms with Gasteiger partial charge in [-0.3, -0.25) is 0 Å². The number of hydrogen-bond acceptors (Lipinski definition) is 4. The molecule has 0 aromatic heterocycles. The first-order valence-electron chi connectivity index (χ1n) is 8.01. The maximum Gasteiger partial charge on any atom is 0.279 e. The highest BCUT2D eigenvalue weighted by atomic mass is 32.2. The average Bonchev–Trinajstić information content (AvgIpc) is 2.46. The van der Waals surface area contributed by atoms with E-state index in [1.54, 1.807) is 12.1 Å². The molecule has 1 heterocycles. The lowest BCUT2D eigenvalue weighted by atomic mass is 10.1. The third-order valence-corrected chi connectivity index (χ3v) is 5.55. The molecule has 3 atom stereocenters. The molecule has 6 nitrogen and oxygen atoms in total. The van der Waals surface area contributed by atoms with Crippen LogP contribution in [0.15, 0.2) is 24.3 Å². The molecule has 1 aliphatic heterocycles. The molecule has 1 aromatic rings. The van der Waals surface area contributed by atoms with Crippen molar-refractivity contribution >= 4 is 10.2 Å². The van der Waals surface area contributed by atoms with E-state index < -0.39 is 10.2 Å². The Bertz CT molecular complexity index is 644. The number of nitrogens with zero attached hydrogens (tertiary/aromatic N) is 2. The van der Waals surface area contributed by atoms with Crippen molar-refractivity contribution in [2.75, 3.05) is 33.7 Å². The van der Waals surface area contributed by atoms with E-state index in [0.29, 0.717) is 13.1 Å². The van der Waals surface area contributed by atoms with Crippen LogP contribution in [-0.4, -0.2) is 63.6 Å². The second-order valence-electron chi connectivity index (χ2n) is 6.46. The van der Waals surface area contributed by atoms with Crippen molar-refractivity contribution in [2.24, 2.45) is 0 Å². The summed E-state index contributed by atoms with van der Waals surface area (Å²) in [5, 5.41) is 0. The minimum absolute atomic E-state index is 0.141. The van der Waals surface area contributed by atoms with E-state index >= 15 is 0 Å². The largest absolute Gasteiger partial charge is 0.373 e. The van der Waals surface area contributed by atoms with Gasteiger partial charge in [0.25, 0.3) is 10.2 Å². The van der Waals surface area contributed by atoms with Crippen LogP contribution in [0, 0.1) is 5.82 Å². The molecule has 1 fully saturated rings. The van der Waals surface area contributed by atoms with Crippen molar-refractivity contribution in [3.05, 3.63) is 35.6 Å². The molecule has 136 valence electrons. The molecule has 0 radical (unpaired) electrons. The summed E-state index contributed by atoms with van der Waals surface area (Å²) in [4.78, 5) is 1.86. The van der Waals surface area contributed by atoms with Crippen molar-refractivity contribution in [1.29, 1.82) is 0 Å². The fourth-order valence-electron chi connectivity index (χ4n) is 2.91. The summed E-state index contributed by atoms with van der Waals surface area (Å²) in [6.45, 7) is 4.53. The molecule has 24 heavy (non-hydrogen) atoms. The fourth-order valence-corrected chi connectivity index (χ4v) is 4.28. The van der Waals surface area contributed by atoms with Gasteiger partial charge in [-0.15, -0.1) is 0 Å². The van der Waals surface area contributed by atoms with E-state index in [0.717, 1.165) is 5.56 Å². The first-order chi connectivity index (χ1) is 11.2. The molecule has 8 heteroatoms. The Hall–Kier alpha value is -1.06. The Balaban J connectivity index is 2.08. The molecule has 0 amide bonds. The smallest absolute Gasteiger partial charge is 0.279 e. The molecule has 1 aromatic carbocycles. The molecule has 0 aliphatic carbocycles. The van der Waals surface area contributed by atoms with Crippen LogP contribution in [-0.2, 0) is 14.9 Å². The Morgan fingerprint density at radius 2 is 1.96 bits per heavy atom. The Labute approximate surface area is 143 Å². The van der Waals surface area contributed by atoms with Crippen LogP contribution in [0.4, 0.5) is 4.39 Å². The Kier molecular flexibility index (Phi) is 6.33. The Morgan fingerprint density at radius 1 is 1.33 bits per heavy atom. The number of halogens is 1. The van der Waals surface area contributed by atoms with E-state index in [4.69, 9.17) is 4.74 Å². The van der Waals surface area contributed by atoms with E-state index in [2.05, 4.69) is 4.72 Å². The van der Waals surface area contributed by atoms with Gasteiger partial charge in [-0.2, -0.15) is 12.7 Å². The van der Waals surface area contributed by atoms with Crippen molar-refractivity contribution in [2.45, 2.75) is 32.1 Å². The topological polar surface area (TPSA) is 61.9 Å². The van der Waals surface area contributed by atoms with Crippen LogP contribution in [0.2, 0.25) is 0 Å². The van der Waals surface area contributed by atoms with Gasteiger partial charge in [-0.05, 0) is 45.6 Å². The van der Waals surface area contributed by atoms with Crippen LogP contribution in [0.3, 0.4) is 0 Å². The summed E-state index contributed by atoms with van der Waals surface area (Å²) in [5.74, 6) is -0.335. The number of nitrogens with one attached hydrogen (secondary N) is 1. The normalized spacial score (nSPS) is 24.2. The number of likely N-dealkylation sites (N-methyl/N-ethyl adjacent to an activating group) is 1. The van der Waals surface area contributed by atoms with Gasteiger partial charge in [0.05, 0.1) is 12.2 Å². The number of benzene rings is 1. The van der Waals surface area contributed by atoms with Crippen molar-refractivity contribution in [3.63, 3.8) is 0 Å². The lowest BCUT2D eigenvalue weighted by molar-refractivity contribution is -0.0444. The van der Waals surface area contributed by atoms with Crippen LogP contribution in [0.25, 0.3) is 0 Å². The summed E-state index contributed by atoms with van der Waals surface area (Å²) in [7, 11) is 0.0592. The Morgan fingerprint density at radius 3 is 2.50 bits per heavy atom. The van der Waals surface area contributed by atoms with E-state index in [1.807, 2.05) is 32.8 Å². The summed E-state index contributed by atoms with van der Waals surface area (Å²) >= 11 is 0. The molecular formula is C16H26FN3O3S. The summed E-state index contributed by atoms with van der Waals surface area (Å²) < 4.78 is 48.2. The van der Waals surface area contributed by atoms with Crippen LogP contribution in [0.5, 0.6) is 0 Å². The van der Waals surface area contributed by atoms with Gasteiger partial charge in [0.1, 0.15) is 5.82 Å². The maximum atomic E-state index is 13.5. The molecule has 1 aliphatic rings. The van der Waals surface area contributed by atoms with Gasteiger partial charge in [0, 0.05) is 25.7 Å². The first kappa shape index (κ1) is 19.3.